The monoisotopic (exact) mass is 418 g/mol. The Morgan fingerprint density at radius 2 is 1.90 bits per heavy atom. The number of anilines is 1. The summed E-state index contributed by atoms with van der Waals surface area (Å²) < 4.78 is 20.1. The molecule has 0 aliphatic carbocycles. The summed E-state index contributed by atoms with van der Waals surface area (Å²) in [6.45, 7) is 0.401. The SMILES string of the molecule is COc1ccccc1N1CC(c2cc(=O)n3[nH]cc(-c4ccc(F)cc4)c3n2)CC1=O. The van der Waals surface area contributed by atoms with E-state index in [2.05, 4.69) is 5.10 Å². The average Bonchev–Trinajstić information content (AvgIpc) is 3.38. The van der Waals surface area contributed by atoms with Gasteiger partial charge in [0.05, 0.1) is 18.5 Å². The number of amides is 1. The normalized spacial score (nSPS) is 16.3. The number of carbonyl (C=O) groups is 1. The molecule has 156 valence electrons. The molecule has 1 aliphatic heterocycles. The van der Waals surface area contributed by atoms with Gasteiger partial charge in [-0.25, -0.2) is 13.9 Å². The van der Waals surface area contributed by atoms with Crippen LogP contribution in [-0.4, -0.2) is 34.2 Å². The van der Waals surface area contributed by atoms with Gasteiger partial charge in [0.15, 0.2) is 5.65 Å². The summed E-state index contributed by atoms with van der Waals surface area (Å²) in [6, 6.07) is 14.8. The number of nitrogens with one attached hydrogen (secondary N) is 1. The van der Waals surface area contributed by atoms with Gasteiger partial charge in [-0.3, -0.25) is 14.7 Å². The number of benzene rings is 2. The Morgan fingerprint density at radius 1 is 1.13 bits per heavy atom. The highest BCUT2D eigenvalue weighted by Gasteiger charge is 2.34. The molecule has 31 heavy (non-hydrogen) atoms. The first-order valence-corrected chi connectivity index (χ1v) is 9.85. The van der Waals surface area contributed by atoms with Gasteiger partial charge in [0, 0.05) is 36.7 Å². The van der Waals surface area contributed by atoms with Gasteiger partial charge in [-0.1, -0.05) is 24.3 Å². The molecule has 0 saturated carbocycles. The number of nitrogens with zero attached hydrogens (tertiary/aromatic N) is 3. The van der Waals surface area contributed by atoms with Crippen molar-refractivity contribution < 1.29 is 13.9 Å². The van der Waals surface area contributed by atoms with Crippen molar-refractivity contribution in [3.8, 4) is 16.9 Å². The Kier molecular flexibility index (Phi) is 4.54. The van der Waals surface area contributed by atoms with Gasteiger partial charge in [-0.15, -0.1) is 0 Å². The Balaban J connectivity index is 1.53. The molecule has 3 heterocycles. The number of halogens is 1. The van der Waals surface area contributed by atoms with E-state index in [0.29, 0.717) is 34.9 Å². The van der Waals surface area contributed by atoms with Crippen LogP contribution in [0.2, 0.25) is 0 Å². The molecule has 8 heteroatoms. The molecule has 2 aromatic heterocycles. The highest BCUT2D eigenvalue weighted by Crippen LogP contribution is 2.36. The van der Waals surface area contributed by atoms with Crippen LogP contribution in [0.4, 0.5) is 10.1 Å². The summed E-state index contributed by atoms with van der Waals surface area (Å²) in [4.78, 5) is 31.8. The van der Waals surface area contributed by atoms with E-state index in [1.165, 1.54) is 22.7 Å². The van der Waals surface area contributed by atoms with E-state index in [1.807, 2.05) is 18.2 Å². The zero-order chi connectivity index (χ0) is 21.5. The van der Waals surface area contributed by atoms with Crippen molar-refractivity contribution in [2.24, 2.45) is 0 Å². The summed E-state index contributed by atoms with van der Waals surface area (Å²) >= 11 is 0. The maximum atomic E-state index is 13.3. The lowest BCUT2D eigenvalue weighted by Gasteiger charge is -2.19. The molecule has 1 unspecified atom stereocenters. The fraction of sp³-hybridized carbons (Fsp3) is 0.174. The van der Waals surface area contributed by atoms with Crippen molar-refractivity contribution in [3.05, 3.63) is 82.7 Å². The summed E-state index contributed by atoms with van der Waals surface area (Å²) in [7, 11) is 1.57. The number of aromatic nitrogens is 3. The maximum absolute atomic E-state index is 13.3. The number of methoxy groups -OCH3 is 1. The van der Waals surface area contributed by atoms with E-state index >= 15 is 0 Å². The summed E-state index contributed by atoms with van der Waals surface area (Å²) in [5.41, 5.74) is 2.85. The molecule has 5 rings (SSSR count). The number of aromatic amines is 1. The summed E-state index contributed by atoms with van der Waals surface area (Å²) in [5, 5.41) is 2.90. The predicted octanol–water partition coefficient (Wildman–Crippen LogP) is 3.36. The number of para-hydroxylation sites is 2. The van der Waals surface area contributed by atoms with Crippen LogP contribution in [0.5, 0.6) is 5.75 Å². The second kappa shape index (κ2) is 7.39. The van der Waals surface area contributed by atoms with Gasteiger partial charge in [-0.05, 0) is 29.8 Å². The number of carbonyl (C=O) groups excluding carboxylic acids is 1. The van der Waals surface area contributed by atoms with Crippen LogP contribution in [0.1, 0.15) is 18.0 Å². The number of hydrogen-bond acceptors (Lipinski definition) is 4. The first-order valence-electron chi connectivity index (χ1n) is 9.85. The fourth-order valence-corrected chi connectivity index (χ4v) is 4.04. The van der Waals surface area contributed by atoms with Gasteiger partial charge in [0.25, 0.3) is 5.56 Å². The molecule has 1 amide bonds. The first kappa shape index (κ1) is 19.0. The van der Waals surface area contributed by atoms with Crippen LogP contribution in [0.25, 0.3) is 16.8 Å². The van der Waals surface area contributed by atoms with E-state index in [9.17, 15) is 14.0 Å². The summed E-state index contributed by atoms with van der Waals surface area (Å²) in [5.74, 6) is -0.00470. The zero-order valence-electron chi connectivity index (χ0n) is 16.7. The largest absolute Gasteiger partial charge is 0.495 e. The topological polar surface area (TPSA) is 79.7 Å². The second-order valence-electron chi connectivity index (χ2n) is 7.45. The third-order valence-electron chi connectivity index (χ3n) is 5.59. The van der Waals surface area contributed by atoms with Gasteiger partial charge in [-0.2, -0.15) is 0 Å². The van der Waals surface area contributed by atoms with E-state index in [1.54, 1.807) is 36.4 Å². The molecule has 7 nitrogen and oxygen atoms in total. The zero-order valence-corrected chi connectivity index (χ0v) is 16.7. The van der Waals surface area contributed by atoms with Gasteiger partial charge in [0.2, 0.25) is 5.91 Å². The highest BCUT2D eigenvalue weighted by molar-refractivity contribution is 5.97. The molecule has 4 aromatic rings. The quantitative estimate of drug-likeness (QED) is 0.551. The summed E-state index contributed by atoms with van der Waals surface area (Å²) in [6.07, 6.45) is 1.92. The van der Waals surface area contributed by atoms with Gasteiger partial charge in [0.1, 0.15) is 11.6 Å². The number of hydrogen-bond donors (Lipinski definition) is 1. The Hall–Kier alpha value is -3.94. The number of fused-ring (bicyclic) bond motifs is 1. The minimum atomic E-state index is -0.338. The molecular formula is C23H19FN4O3. The average molecular weight is 418 g/mol. The fourth-order valence-electron chi connectivity index (χ4n) is 4.04. The Morgan fingerprint density at radius 3 is 2.68 bits per heavy atom. The van der Waals surface area contributed by atoms with Crippen LogP contribution in [0, 0.1) is 5.82 Å². The van der Waals surface area contributed by atoms with Crippen molar-refractivity contribution in [2.45, 2.75) is 12.3 Å². The smallest absolute Gasteiger partial charge is 0.272 e. The maximum Gasteiger partial charge on any atom is 0.272 e. The number of ether oxygens (including phenoxy) is 1. The predicted molar refractivity (Wildman–Crippen MR) is 114 cm³/mol. The lowest BCUT2D eigenvalue weighted by molar-refractivity contribution is -0.117. The van der Waals surface area contributed by atoms with Gasteiger partial charge >= 0.3 is 0 Å². The van der Waals surface area contributed by atoms with Crippen molar-refractivity contribution in [1.82, 2.24) is 14.6 Å². The minimum absolute atomic E-state index is 0.0516. The Labute approximate surface area is 176 Å². The molecule has 0 bridgehead atoms. The third kappa shape index (κ3) is 3.26. The van der Waals surface area contributed by atoms with Gasteiger partial charge < -0.3 is 9.64 Å². The van der Waals surface area contributed by atoms with E-state index in [4.69, 9.17) is 9.72 Å². The number of H-pyrrole nitrogens is 1. The molecule has 0 radical (unpaired) electrons. The molecule has 1 atom stereocenters. The molecular weight excluding hydrogens is 399 g/mol. The standard InChI is InChI=1S/C23H19FN4O3/c1-31-20-5-3-2-4-19(20)27-13-15(10-21(27)29)18-11-22(30)28-23(26-18)17(12-25-28)14-6-8-16(24)9-7-14/h2-9,11-12,15,25H,10,13H2,1H3. The van der Waals surface area contributed by atoms with Crippen molar-refractivity contribution in [2.75, 3.05) is 18.6 Å². The first-order chi connectivity index (χ1) is 15.0. The molecule has 2 aromatic carbocycles. The second-order valence-corrected chi connectivity index (χ2v) is 7.45. The van der Waals surface area contributed by atoms with Crippen LogP contribution in [-0.2, 0) is 4.79 Å². The lowest BCUT2D eigenvalue weighted by atomic mass is 10.0. The lowest BCUT2D eigenvalue weighted by Crippen LogP contribution is -2.25. The number of rotatable bonds is 4. The van der Waals surface area contributed by atoms with Crippen molar-refractivity contribution in [1.29, 1.82) is 0 Å². The van der Waals surface area contributed by atoms with E-state index < -0.39 is 0 Å². The Bertz CT molecular complexity index is 1340. The van der Waals surface area contributed by atoms with E-state index in [0.717, 1.165) is 5.56 Å². The molecule has 1 saturated heterocycles. The molecule has 1 N–H and O–H groups in total. The van der Waals surface area contributed by atoms with E-state index in [-0.39, 0.29) is 29.6 Å². The molecule has 0 spiro atoms. The third-order valence-corrected chi connectivity index (χ3v) is 5.59. The highest BCUT2D eigenvalue weighted by atomic mass is 19.1. The van der Waals surface area contributed by atoms with Crippen LogP contribution in [0.3, 0.4) is 0 Å². The molecule has 1 fully saturated rings. The van der Waals surface area contributed by atoms with Crippen molar-refractivity contribution in [3.63, 3.8) is 0 Å². The van der Waals surface area contributed by atoms with Crippen LogP contribution in [0.15, 0.2) is 65.6 Å². The van der Waals surface area contributed by atoms with Crippen molar-refractivity contribution >= 4 is 17.2 Å². The molecule has 1 aliphatic rings. The van der Waals surface area contributed by atoms with Crippen LogP contribution >= 0.6 is 0 Å². The van der Waals surface area contributed by atoms with Crippen LogP contribution < -0.4 is 15.2 Å². The minimum Gasteiger partial charge on any atom is -0.495 e.